The highest BCUT2D eigenvalue weighted by Gasteiger charge is 2.02. The van der Waals surface area contributed by atoms with E-state index in [1.54, 1.807) is 6.20 Å². The summed E-state index contributed by atoms with van der Waals surface area (Å²) in [6.45, 7) is 3.26. The van der Waals surface area contributed by atoms with Gasteiger partial charge in [0.15, 0.2) is 5.82 Å². The molecule has 24 heavy (non-hydrogen) atoms. The Bertz CT molecular complexity index is 762. The molecular formula is C18H19N5O. The van der Waals surface area contributed by atoms with Gasteiger partial charge < -0.3 is 15.4 Å². The van der Waals surface area contributed by atoms with E-state index in [1.807, 2.05) is 61.5 Å². The van der Waals surface area contributed by atoms with Crippen molar-refractivity contribution in [2.45, 2.75) is 13.5 Å². The molecule has 0 aliphatic carbocycles. The largest absolute Gasteiger partial charge is 0.494 e. The Labute approximate surface area is 140 Å². The summed E-state index contributed by atoms with van der Waals surface area (Å²) in [6.07, 6.45) is 1.59. The first-order chi connectivity index (χ1) is 11.8. The number of rotatable bonds is 7. The van der Waals surface area contributed by atoms with Crippen molar-refractivity contribution in [2.75, 3.05) is 17.2 Å². The van der Waals surface area contributed by atoms with Gasteiger partial charge in [0.05, 0.1) is 12.8 Å². The van der Waals surface area contributed by atoms with Crippen molar-refractivity contribution in [2.24, 2.45) is 0 Å². The van der Waals surface area contributed by atoms with Gasteiger partial charge in [-0.25, -0.2) is 0 Å². The van der Waals surface area contributed by atoms with E-state index in [4.69, 9.17) is 4.74 Å². The number of nitrogens with zero attached hydrogens (tertiary/aromatic N) is 3. The van der Waals surface area contributed by atoms with E-state index in [1.165, 1.54) is 0 Å². The maximum absolute atomic E-state index is 5.43. The molecule has 3 aromatic rings. The third-order valence-electron chi connectivity index (χ3n) is 3.29. The van der Waals surface area contributed by atoms with Crippen LogP contribution in [-0.4, -0.2) is 21.8 Å². The maximum atomic E-state index is 5.43. The predicted octanol–water partition coefficient (Wildman–Crippen LogP) is 3.63. The number of ether oxygens (including phenoxy) is 1. The Morgan fingerprint density at radius 1 is 1.00 bits per heavy atom. The lowest BCUT2D eigenvalue weighted by Gasteiger charge is -2.08. The molecule has 0 saturated carbocycles. The van der Waals surface area contributed by atoms with Crippen LogP contribution in [0.5, 0.6) is 5.75 Å². The summed E-state index contributed by atoms with van der Waals surface area (Å²) >= 11 is 0. The highest BCUT2D eigenvalue weighted by atomic mass is 16.5. The summed E-state index contributed by atoms with van der Waals surface area (Å²) in [7, 11) is 0. The molecule has 0 radical (unpaired) electrons. The third kappa shape index (κ3) is 4.42. The average Bonchev–Trinajstić information content (AvgIpc) is 2.63. The fourth-order valence-corrected chi connectivity index (χ4v) is 2.16. The molecule has 6 heteroatoms. The van der Waals surface area contributed by atoms with Crippen molar-refractivity contribution in [3.63, 3.8) is 0 Å². The lowest BCUT2D eigenvalue weighted by Crippen LogP contribution is -2.06. The lowest BCUT2D eigenvalue weighted by molar-refractivity contribution is 0.340. The number of hydrogen-bond donors (Lipinski definition) is 2. The maximum Gasteiger partial charge on any atom is 0.244 e. The fraction of sp³-hybridized carbons (Fsp3) is 0.167. The van der Waals surface area contributed by atoms with Crippen molar-refractivity contribution >= 4 is 17.5 Å². The second-order valence-corrected chi connectivity index (χ2v) is 5.09. The van der Waals surface area contributed by atoms with Gasteiger partial charge in [-0.15, -0.1) is 5.10 Å². The Morgan fingerprint density at radius 3 is 2.54 bits per heavy atom. The highest BCUT2D eigenvalue weighted by Crippen LogP contribution is 2.19. The van der Waals surface area contributed by atoms with Crippen LogP contribution in [0.3, 0.4) is 0 Å². The zero-order valence-electron chi connectivity index (χ0n) is 13.4. The molecular weight excluding hydrogens is 302 g/mol. The van der Waals surface area contributed by atoms with Gasteiger partial charge in [-0.2, -0.15) is 10.1 Å². The van der Waals surface area contributed by atoms with Crippen LogP contribution in [0.1, 0.15) is 12.5 Å². The number of aromatic nitrogens is 3. The molecule has 0 aliphatic heterocycles. The fourth-order valence-electron chi connectivity index (χ4n) is 2.16. The van der Waals surface area contributed by atoms with Crippen molar-refractivity contribution in [3.05, 3.63) is 66.4 Å². The van der Waals surface area contributed by atoms with E-state index >= 15 is 0 Å². The van der Waals surface area contributed by atoms with Crippen LogP contribution in [-0.2, 0) is 6.54 Å². The molecule has 0 saturated heterocycles. The Morgan fingerprint density at radius 2 is 1.79 bits per heavy atom. The van der Waals surface area contributed by atoms with E-state index < -0.39 is 0 Å². The van der Waals surface area contributed by atoms with Crippen LogP contribution >= 0.6 is 0 Å². The van der Waals surface area contributed by atoms with Crippen LogP contribution in [0, 0.1) is 0 Å². The molecule has 1 heterocycles. The molecule has 2 aromatic carbocycles. The summed E-state index contributed by atoms with van der Waals surface area (Å²) in [5.41, 5.74) is 2.07. The van der Waals surface area contributed by atoms with Gasteiger partial charge >= 0.3 is 0 Å². The molecule has 1 aromatic heterocycles. The monoisotopic (exact) mass is 321 g/mol. The zero-order valence-corrected chi connectivity index (χ0v) is 13.4. The summed E-state index contributed by atoms with van der Waals surface area (Å²) in [4.78, 5) is 4.41. The van der Waals surface area contributed by atoms with Crippen LogP contribution in [0.2, 0.25) is 0 Å². The van der Waals surface area contributed by atoms with E-state index in [-0.39, 0.29) is 0 Å². The topological polar surface area (TPSA) is 72.0 Å². The van der Waals surface area contributed by atoms with E-state index in [0.29, 0.717) is 24.9 Å². The van der Waals surface area contributed by atoms with Gasteiger partial charge in [0, 0.05) is 12.2 Å². The van der Waals surface area contributed by atoms with Crippen molar-refractivity contribution in [1.82, 2.24) is 15.2 Å². The van der Waals surface area contributed by atoms with Crippen molar-refractivity contribution in [1.29, 1.82) is 0 Å². The van der Waals surface area contributed by atoms with Crippen molar-refractivity contribution in [3.8, 4) is 5.75 Å². The van der Waals surface area contributed by atoms with Crippen LogP contribution in [0.25, 0.3) is 0 Å². The standard InChI is InChI=1S/C18H19N5O/c1-2-24-16-10-8-15(9-11-16)21-17-13-20-23-18(22-17)19-12-14-6-4-3-5-7-14/h3-11,13H,2,12H2,1H3,(H2,19,21,22,23). The van der Waals surface area contributed by atoms with Crippen LogP contribution < -0.4 is 15.4 Å². The van der Waals surface area contributed by atoms with Gasteiger partial charge in [-0.1, -0.05) is 30.3 Å². The summed E-state index contributed by atoms with van der Waals surface area (Å²) < 4.78 is 5.43. The molecule has 0 fully saturated rings. The second-order valence-electron chi connectivity index (χ2n) is 5.09. The highest BCUT2D eigenvalue weighted by molar-refractivity contribution is 5.57. The first-order valence-corrected chi connectivity index (χ1v) is 7.81. The van der Waals surface area contributed by atoms with E-state index in [0.717, 1.165) is 17.0 Å². The quantitative estimate of drug-likeness (QED) is 0.692. The normalized spacial score (nSPS) is 10.2. The Kier molecular flexibility index (Phi) is 5.19. The zero-order chi connectivity index (χ0) is 16.6. The second kappa shape index (κ2) is 7.92. The van der Waals surface area contributed by atoms with Gasteiger partial charge in [-0.05, 0) is 36.8 Å². The lowest BCUT2D eigenvalue weighted by atomic mass is 10.2. The number of nitrogens with one attached hydrogen (secondary N) is 2. The summed E-state index contributed by atoms with van der Waals surface area (Å²) in [5, 5.41) is 14.4. The molecule has 0 amide bonds. The molecule has 0 atom stereocenters. The third-order valence-corrected chi connectivity index (χ3v) is 3.29. The van der Waals surface area contributed by atoms with E-state index in [9.17, 15) is 0 Å². The first kappa shape index (κ1) is 15.7. The molecule has 0 bridgehead atoms. The van der Waals surface area contributed by atoms with Gasteiger partial charge in [0.2, 0.25) is 5.95 Å². The SMILES string of the molecule is CCOc1ccc(Nc2cnnc(NCc3ccccc3)n2)cc1. The minimum atomic E-state index is 0.481. The van der Waals surface area contributed by atoms with Crippen LogP contribution in [0.15, 0.2) is 60.8 Å². The molecule has 122 valence electrons. The minimum absolute atomic E-state index is 0.481. The summed E-state index contributed by atoms with van der Waals surface area (Å²) in [5.74, 6) is 1.95. The molecule has 0 spiro atoms. The number of anilines is 3. The predicted molar refractivity (Wildman–Crippen MR) is 94.5 cm³/mol. The minimum Gasteiger partial charge on any atom is -0.494 e. The van der Waals surface area contributed by atoms with Gasteiger partial charge in [0.25, 0.3) is 0 Å². The number of benzene rings is 2. The molecule has 0 unspecified atom stereocenters. The van der Waals surface area contributed by atoms with E-state index in [2.05, 4.69) is 25.8 Å². The van der Waals surface area contributed by atoms with Gasteiger partial charge in [-0.3, -0.25) is 0 Å². The smallest absolute Gasteiger partial charge is 0.244 e. The van der Waals surface area contributed by atoms with Crippen molar-refractivity contribution < 1.29 is 4.74 Å². The first-order valence-electron chi connectivity index (χ1n) is 7.81. The van der Waals surface area contributed by atoms with Gasteiger partial charge in [0.1, 0.15) is 5.75 Å². The molecule has 0 aliphatic rings. The molecule has 6 nitrogen and oxygen atoms in total. The molecule has 3 rings (SSSR count). The Balaban J connectivity index is 1.62. The Hall–Kier alpha value is -3.15. The number of hydrogen-bond acceptors (Lipinski definition) is 6. The average molecular weight is 321 g/mol. The summed E-state index contributed by atoms with van der Waals surface area (Å²) in [6, 6.07) is 17.8. The molecule has 2 N–H and O–H groups in total. The van der Waals surface area contributed by atoms with Crippen LogP contribution in [0.4, 0.5) is 17.5 Å².